The summed E-state index contributed by atoms with van der Waals surface area (Å²) in [5.41, 5.74) is 3.79. The number of rotatable bonds is 3. The van der Waals surface area contributed by atoms with Crippen molar-refractivity contribution in [2.24, 2.45) is 0 Å². The second-order valence-electron chi connectivity index (χ2n) is 6.57. The van der Waals surface area contributed by atoms with Gasteiger partial charge in [0.15, 0.2) is 0 Å². The van der Waals surface area contributed by atoms with E-state index >= 15 is 0 Å². The second kappa shape index (κ2) is 7.13. The molecule has 1 aromatic heterocycles. The summed E-state index contributed by atoms with van der Waals surface area (Å²) in [5.74, 6) is -0.661. The van der Waals surface area contributed by atoms with Gasteiger partial charge in [-0.2, -0.15) is 5.26 Å². The lowest BCUT2D eigenvalue weighted by Gasteiger charge is -2.12. The molecule has 4 aromatic rings. The third-order valence-corrected chi connectivity index (χ3v) is 4.80. The first kappa shape index (κ1) is 18.3. The summed E-state index contributed by atoms with van der Waals surface area (Å²) in [4.78, 5) is 23.9. The molecular formula is C23H17N3O3. The van der Waals surface area contributed by atoms with Crippen molar-refractivity contribution in [2.45, 2.75) is 6.92 Å². The van der Waals surface area contributed by atoms with Crippen LogP contribution in [0.4, 0.5) is 5.69 Å². The Hall–Kier alpha value is -4.11. The van der Waals surface area contributed by atoms with E-state index in [9.17, 15) is 14.9 Å². The minimum absolute atomic E-state index is 0.256. The average Bonchev–Trinajstić information content (AvgIpc) is 3.07. The summed E-state index contributed by atoms with van der Waals surface area (Å²) in [6.07, 6.45) is 0. The number of carbonyl (C=O) groups is 2. The van der Waals surface area contributed by atoms with Crippen molar-refractivity contribution >= 4 is 39.4 Å². The lowest BCUT2D eigenvalue weighted by molar-refractivity contribution is -0.114. The minimum atomic E-state index is -0.405. The van der Waals surface area contributed by atoms with E-state index in [2.05, 4.69) is 11.4 Å². The second-order valence-corrected chi connectivity index (χ2v) is 6.57. The highest BCUT2D eigenvalue weighted by molar-refractivity contribution is 6.17. The van der Waals surface area contributed by atoms with Crippen LogP contribution in [0.5, 0.6) is 0 Å². The number of anilines is 1. The monoisotopic (exact) mass is 383 g/mol. The van der Waals surface area contributed by atoms with Crippen LogP contribution in [0, 0.1) is 11.3 Å². The smallest absolute Gasteiger partial charge is 0.338 e. The molecule has 29 heavy (non-hydrogen) atoms. The molecule has 142 valence electrons. The van der Waals surface area contributed by atoms with E-state index in [1.165, 1.54) is 14.0 Å². The summed E-state index contributed by atoms with van der Waals surface area (Å²) >= 11 is 0. The Morgan fingerprint density at radius 2 is 1.79 bits per heavy atom. The molecule has 0 saturated heterocycles. The Morgan fingerprint density at radius 1 is 1.03 bits per heavy atom. The Labute approximate surface area is 166 Å². The highest BCUT2D eigenvalue weighted by Crippen LogP contribution is 2.35. The number of hydrogen-bond donors (Lipinski definition) is 1. The first-order chi connectivity index (χ1) is 14.0. The van der Waals surface area contributed by atoms with Gasteiger partial charge in [0, 0.05) is 23.4 Å². The maximum Gasteiger partial charge on any atom is 0.338 e. The summed E-state index contributed by atoms with van der Waals surface area (Å²) < 4.78 is 6.97. The number of amides is 1. The summed E-state index contributed by atoms with van der Waals surface area (Å²) in [7, 11) is 1.36. The van der Waals surface area contributed by atoms with Crippen molar-refractivity contribution in [3.8, 4) is 11.8 Å². The molecule has 0 unspecified atom stereocenters. The molecule has 0 radical (unpaired) electrons. The van der Waals surface area contributed by atoms with Crippen molar-refractivity contribution in [3.63, 3.8) is 0 Å². The van der Waals surface area contributed by atoms with Crippen LogP contribution in [0.1, 0.15) is 22.8 Å². The van der Waals surface area contributed by atoms with Gasteiger partial charge in [-0.1, -0.05) is 24.3 Å². The molecule has 0 atom stereocenters. The summed E-state index contributed by atoms with van der Waals surface area (Å²) in [6.45, 7) is 1.40. The average molecular weight is 383 g/mol. The van der Waals surface area contributed by atoms with E-state index in [4.69, 9.17) is 4.74 Å². The van der Waals surface area contributed by atoms with Crippen LogP contribution in [0.2, 0.25) is 0 Å². The molecule has 0 aliphatic rings. The maximum absolute atomic E-state index is 12.4. The van der Waals surface area contributed by atoms with E-state index < -0.39 is 5.97 Å². The number of nitriles is 1. The van der Waals surface area contributed by atoms with E-state index in [1.54, 1.807) is 18.2 Å². The van der Waals surface area contributed by atoms with Gasteiger partial charge < -0.3 is 14.6 Å². The quantitative estimate of drug-likeness (QED) is 0.532. The number of hydrogen-bond acceptors (Lipinski definition) is 4. The summed E-state index contributed by atoms with van der Waals surface area (Å²) in [6, 6.07) is 20.6. The van der Waals surface area contributed by atoms with Gasteiger partial charge in [-0.25, -0.2) is 4.79 Å². The fourth-order valence-electron chi connectivity index (χ4n) is 3.64. The normalized spacial score (nSPS) is 10.7. The van der Waals surface area contributed by atoms with Gasteiger partial charge in [-0.3, -0.25) is 4.79 Å². The number of carbonyl (C=O) groups excluding carboxylic acids is 2. The Morgan fingerprint density at radius 3 is 2.52 bits per heavy atom. The summed E-state index contributed by atoms with van der Waals surface area (Å²) in [5, 5.41) is 13.8. The zero-order chi connectivity index (χ0) is 20.5. The highest BCUT2D eigenvalue weighted by Gasteiger charge is 2.19. The van der Waals surface area contributed by atoms with Crippen LogP contribution in [-0.4, -0.2) is 23.6 Å². The van der Waals surface area contributed by atoms with Crippen LogP contribution < -0.4 is 5.32 Å². The van der Waals surface area contributed by atoms with Crippen LogP contribution in [0.25, 0.3) is 27.5 Å². The van der Waals surface area contributed by atoms with Crippen molar-refractivity contribution in [1.29, 1.82) is 5.26 Å². The first-order valence-corrected chi connectivity index (χ1v) is 8.97. The number of nitrogens with one attached hydrogen (secondary N) is 1. The molecular weight excluding hydrogens is 366 g/mol. The van der Waals surface area contributed by atoms with E-state index in [0.29, 0.717) is 16.8 Å². The third kappa shape index (κ3) is 2.99. The number of aromatic nitrogens is 1. The third-order valence-electron chi connectivity index (χ3n) is 4.80. The first-order valence-electron chi connectivity index (χ1n) is 8.97. The molecule has 1 N–H and O–H groups in total. The van der Waals surface area contributed by atoms with Crippen LogP contribution in [0.15, 0.2) is 60.7 Å². The number of nitrogens with zero attached hydrogens (tertiary/aromatic N) is 2. The number of fused-ring (bicyclic) bond motifs is 3. The van der Waals surface area contributed by atoms with Gasteiger partial charge in [-0.05, 0) is 36.4 Å². The number of esters is 1. The van der Waals surface area contributed by atoms with Gasteiger partial charge in [0.2, 0.25) is 5.91 Å². The van der Waals surface area contributed by atoms with E-state index in [1.807, 2.05) is 47.0 Å². The standard InChI is InChI=1S/C23H17N3O3/c1-14(27)25-19-12-16(11-10-15(19)13-24)26-20-8-4-3-6-17(20)22-18(23(28)29-2)7-5-9-21(22)26/h3-12H,1-2H3,(H,25,27). The Bertz CT molecular complexity index is 1330. The number of methoxy groups -OCH3 is 1. The number of ether oxygens (including phenoxy) is 1. The largest absolute Gasteiger partial charge is 0.465 e. The van der Waals surface area contributed by atoms with Crippen molar-refractivity contribution in [1.82, 2.24) is 4.57 Å². The van der Waals surface area contributed by atoms with E-state index in [0.717, 1.165) is 27.5 Å². The zero-order valence-corrected chi connectivity index (χ0v) is 15.9. The molecule has 6 heteroatoms. The van der Waals surface area contributed by atoms with Crippen LogP contribution >= 0.6 is 0 Å². The van der Waals surface area contributed by atoms with Gasteiger partial charge in [-0.15, -0.1) is 0 Å². The van der Waals surface area contributed by atoms with Gasteiger partial charge >= 0.3 is 5.97 Å². The molecule has 0 saturated carbocycles. The van der Waals surface area contributed by atoms with Crippen molar-refractivity contribution < 1.29 is 14.3 Å². The molecule has 1 amide bonds. The molecule has 0 bridgehead atoms. The van der Waals surface area contributed by atoms with Crippen LogP contribution in [-0.2, 0) is 9.53 Å². The van der Waals surface area contributed by atoms with E-state index in [-0.39, 0.29) is 5.91 Å². The molecule has 6 nitrogen and oxygen atoms in total. The lowest BCUT2D eigenvalue weighted by Crippen LogP contribution is -2.08. The lowest BCUT2D eigenvalue weighted by atomic mass is 10.1. The number of benzene rings is 3. The molecule has 3 aromatic carbocycles. The predicted octanol–water partition coefficient (Wildman–Crippen LogP) is 4.40. The van der Waals surface area contributed by atoms with Gasteiger partial charge in [0.05, 0.1) is 35.0 Å². The van der Waals surface area contributed by atoms with Gasteiger partial charge in [0.1, 0.15) is 6.07 Å². The SMILES string of the molecule is COC(=O)c1cccc2c1c1ccccc1n2-c1ccc(C#N)c(NC(C)=O)c1. The molecule has 0 aliphatic heterocycles. The Kier molecular flexibility index (Phi) is 4.49. The molecule has 0 fully saturated rings. The molecule has 4 rings (SSSR count). The minimum Gasteiger partial charge on any atom is -0.465 e. The molecule has 0 spiro atoms. The predicted molar refractivity (Wildman–Crippen MR) is 111 cm³/mol. The zero-order valence-electron chi connectivity index (χ0n) is 15.9. The van der Waals surface area contributed by atoms with Crippen LogP contribution in [0.3, 0.4) is 0 Å². The highest BCUT2D eigenvalue weighted by atomic mass is 16.5. The topological polar surface area (TPSA) is 84.1 Å². The van der Waals surface area contributed by atoms with Gasteiger partial charge in [0.25, 0.3) is 0 Å². The van der Waals surface area contributed by atoms with Crippen molar-refractivity contribution in [2.75, 3.05) is 12.4 Å². The fourth-order valence-corrected chi connectivity index (χ4v) is 3.64. The van der Waals surface area contributed by atoms with Crippen molar-refractivity contribution in [3.05, 3.63) is 71.8 Å². The Balaban J connectivity index is 2.08. The molecule has 0 aliphatic carbocycles. The number of para-hydroxylation sites is 1. The maximum atomic E-state index is 12.4. The fraction of sp³-hybridized carbons (Fsp3) is 0.0870. The molecule has 1 heterocycles.